The van der Waals surface area contributed by atoms with E-state index in [-0.39, 0.29) is 17.0 Å². The number of aryl methyl sites for hydroxylation is 1. The van der Waals surface area contributed by atoms with Crippen molar-refractivity contribution in [2.45, 2.75) is 90.3 Å². The van der Waals surface area contributed by atoms with Crippen LogP contribution in [0.3, 0.4) is 0 Å². The van der Waals surface area contributed by atoms with Crippen molar-refractivity contribution in [3.05, 3.63) is 69.8 Å². The third-order valence-electron chi connectivity index (χ3n) is 6.88. The van der Waals surface area contributed by atoms with Crippen molar-refractivity contribution in [1.82, 2.24) is 0 Å². The molecule has 1 saturated carbocycles. The zero-order chi connectivity index (χ0) is 25.0. The van der Waals surface area contributed by atoms with E-state index in [0.717, 1.165) is 38.7 Å². The van der Waals surface area contributed by atoms with Gasteiger partial charge in [-0.2, -0.15) is 8.78 Å². The van der Waals surface area contributed by atoms with E-state index in [1.54, 1.807) is 6.92 Å². The van der Waals surface area contributed by atoms with Crippen LogP contribution in [0.1, 0.15) is 100.0 Å². The molecule has 0 N–H and O–H groups in total. The van der Waals surface area contributed by atoms with Crippen molar-refractivity contribution in [1.29, 1.82) is 0 Å². The normalized spacial score (nSPS) is 19.9. The molecule has 0 heterocycles. The van der Waals surface area contributed by atoms with E-state index in [9.17, 15) is 26.3 Å². The Bertz CT molecular complexity index is 982. The Kier molecular flexibility index (Phi) is 8.72. The third kappa shape index (κ3) is 5.61. The number of rotatable bonds is 9. The molecule has 0 radical (unpaired) electrons. The van der Waals surface area contributed by atoms with Crippen LogP contribution in [0, 0.1) is 29.2 Å². The average Bonchev–Trinajstić information content (AvgIpc) is 2.79. The highest BCUT2D eigenvalue weighted by Gasteiger charge is 2.41. The molecule has 1 unspecified atom stereocenters. The van der Waals surface area contributed by atoms with Crippen molar-refractivity contribution >= 4 is 0 Å². The Balaban J connectivity index is 1.79. The van der Waals surface area contributed by atoms with Gasteiger partial charge in [0, 0.05) is 5.56 Å². The molecule has 0 aromatic heterocycles. The SMILES string of the molecule is CCCc1ccc(C(C)OC(F)(F)c2ccc(C3CCC(CCC)CC3)c(F)c2F)c(F)c1F. The number of ether oxygens (including phenoxy) is 1. The smallest absolute Gasteiger partial charge is 0.308 e. The van der Waals surface area contributed by atoms with E-state index in [1.165, 1.54) is 18.2 Å². The molecule has 0 aliphatic heterocycles. The van der Waals surface area contributed by atoms with Gasteiger partial charge in [0.25, 0.3) is 0 Å². The lowest BCUT2D eigenvalue weighted by Gasteiger charge is -2.29. The van der Waals surface area contributed by atoms with Gasteiger partial charge in [-0.15, -0.1) is 0 Å². The van der Waals surface area contributed by atoms with E-state index in [4.69, 9.17) is 0 Å². The quantitative estimate of drug-likeness (QED) is 0.321. The second-order valence-electron chi connectivity index (χ2n) is 9.31. The Labute approximate surface area is 197 Å². The first-order chi connectivity index (χ1) is 16.1. The first-order valence-electron chi connectivity index (χ1n) is 12.1. The van der Waals surface area contributed by atoms with Crippen LogP contribution in [0.2, 0.25) is 0 Å². The fraction of sp³-hybridized carbons (Fsp3) is 0.556. The summed E-state index contributed by atoms with van der Waals surface area (Å²) in [4.78, 5) is 0. The molecule has 1 aliphatic carbocycles. The molecule has 1 atom stereocenters. The first-order valence-corrected chi connectivity index (χ1v) is 12.1. The minimum atomic E-state index is -4.24. The molecule has 1 aliphatic rings. The number of hydrogen-bond acceptors (Lipinski definition) is 1. The van der Waals surface area contributed by atoms with Gasteiger partial charge in [0.1, 0.15) is 0 Å². The molecule has 188 valence electrons. The highest BCUT2D eigenvalue weighted by molar-refractivity contribution is 5.32. The van der Waals surface area contributed by atoms with Crippen molar-refractivity contribution in [2.24, 2.45) is 5.92 Å². The largest absolute Gasteiger partial charge is 0.386 e. The number of benzene rings is 2. The molecule has 0 spiro atoms. The van der Waals surface area contributed by atoms with Gasteiger partial charge in [-0.25, -0.2) is 17.6 Å². The molecule has 2 aromatic carbocycles. The van der Waals surface area contributed by atoms with Crippen LogP contribution in [-0.4, -0.2) is 0 Å². The third-order valence-corrected chi connectivity index (χ3v) is 6.88. The molecule has 0 saturated heterocycles. The molecule has 7 heteroatoms. The van der Waals surface area contributed by atoms with Gasteiger partial charge in [0.2, 0.25) is 0 Å². The van der Waals surface area contributed by atoms with Crippen molar-refractivity contribution in [3.63, 3.8) is 0 Å². The molecule has 34 heavy (non-hydrogen) atoms. The first kappa shape index (κ1) is 26.6. The lowest BCUT2D eigenvalue weighted by Crippen LogP contribution is -2.24. The number of alkyl halides is 2. The van der Waals surface area contributed by atoms with Gasteiger partial charge >= 0.3 is 6.11 Å². The maximum atomic E-state index is 14.8. The lowest BCUT2D eigenvalue weighted by molar-refractivity contribution is -0.274. The minimum absolute atomic E-state index is 0.0969. The molecular weight excluding hydrogens is 454 g/mol. The van der Waals surface area contributed by atoms with Crippen molar-refractivity contribution in [3.8, 4) is 0 Å². The molecule has 1 nitrogen and oxygen atoms in total. The van der Waals surface area contributed by atoms with Gasteiger partial charge in [0.05, 0.1) is 11.7 Å². The van der Waals surface area contributed by atoms with Crippen molar-refractivity contribution < 1.29 is 31.1 Å². The van der Waals surface area contributed by atoms with Gasteiger partial charge in [-0.3, -0.25) is 0 Å². The summed E-state index contributed by atoms with van der Waals surface area (Å²) in [5, 5.41) is 0. The molecule has 1 fully saturated rings. The Hall–Kier alpha value is -2.02. The van der Waals surface area contributed by atoms with E-state index >= 15 is 0 Å². The topological polar surface area (TPSA) is 9.23 Å². The second kappa shape index (κ2) is 11.1. The molecular formula is C27H32F6O. The summed E-state index contributed by atoms with van der Waals surface area (Å²) in [7, 11) is 0. The monoisotopic (exact) mass is 486 g/mol. The van der Waals surface area contributed by atoms with Gasteiger partial charge < -0.3 is 4.74 Å². The summed E-state index contributed by atoms with van der Waals surface area (Å²) < 4.78 is 92.6. The van der Waals surface area contributed by atoms with E-state index in [2.05, 4.69) is 11.7 Å². The van der Waals surface area contributed by atoms with Crippen LogP contribution in [-0.2, 0) is 17.3 Å². The standard InChI is InChI=1S/C27H32F6O/c1-4-6-17-8-10-18(11-9-17)21-14-15-22(26(31)25(21)30)27(32,33)34-16(3)20-13-12-19(7-5-2)23(28)24(20)29/h12-18H,4-11H2,1-3H3. The summed E-state index contributed by atoms with van der Waals surface area (Å²) >= 11 is 0. The lowest BCUT2D eigenvalue weighted by atomic mass is 9.77. The van der Waals surface area contributed by atoms with Gasteiger partial charge in [-0.1, -0.05) is 51.3 Å². The van der Waals surface area contributed by atoms with Crippen LogP contribution in [0.15, 0.2) is 24.3 Å². The highest BCUT2D eigenvalue weighted by atomic mass is 19.3. The van der Waals surface area contributed by atoms with E-state index < -0.39 is 46.6 Å². The average molecular weight is 487 g/mol. The predicted octanol–water partition coefficient (Wildman–Crippen LogP) is 9.10. The zero-order valence-corrected chi connectivity index (χ0v) is 19.9. The maximum absolute atomic E-state index is 14.8. The summed E-state index contributed by atoms with van der Waals surface area (Å²) in [5.74, 6) is -5.02. The summed E-state index contributed by atoms with van der Waals surface area (Å²) in [6.45, 7) is 5.02. The Morgan fingerprint density at radius 2 is 1.53 bits per heavy atom. The molecule has 0 bridgehead atoms. The summed E-state index contributed by atoms with van der Waals surface area (Å²) in [6, 6.07) is 4.53. The van der Waals surface area contributed by atoms with Crippen molar-refractivity contribution in [2.75, 3.05) is 0 Å². The summed E-state index contributed by atoms with van der Waals surface area (Å²) in [6.07, 6.45) is 0.367. The van der Waals surface area contributed by atoms with E-state index in [0.29, 0.717) is 31.6 Å². The van der Waals surface area contributed by atoms with Crippen LogP contribution in [0.5, 0.6) is 0 Å². The van der Waals surface area contributed by atoms with E-state index in [1.807, 2.05) is 0 Å². The minimum Gasteiger partial charge on any atom is -0.308 e. The number of hydrogen-bond donors (Lipinski definition) is 0. The fourth-order valence-electron chi connectivity index (χ4n) is 5.00. The molecule has 2 aromatic rings. The maximum Gasteiger partial charge on any atom is 0.386 e. The van der Waals surface area contributed by atoms with Crippen LogP contribution in [0.25, 0.3) is 0 Å². The fourth-order valence-corrected chi connectivity index (χ4v) is 5.00. The van der Waals surface area contributed by atoms with Gasteiger partial charge in [0.15, 0.2) is 23.3 Å². The second-order valence-corrected chi connectivity index (χ2v) is 9.31. The number of halogens is 6. The van der Waals surface area contributed by atoms with Gasteiger partial charge in [-0.05, 0) is 68.1 Å². The predicted molar refractivity (Wildman–Crippen MR) is 120 cm³/mol. The van der Waals surface area contributed by atoms with Crippen LogP contribution in [0.4, 0.5) is 26.3 Å². The zero-order valence-electron chi connectivity index (χ0n) is 19.9. The Morgan fingerprint density at radius 1 is 0.853 bits per heavy atom. The van der Waals surface area contributed by atoms with Crippen LogP contribution < -0.4 is 0 Å². The summed E-state index contributed by atoms with van der Waals surface area (Å²) in [5.41, 5.74) is -1.45. The highest BCUT2D eigenvalue weighted by Crippen LogP contribution is 2.42. The molecule has 3 rings (SSSR count). The molecule has 0 amide bonds. The van der Waals surface area contributed by atoms with Crippen LogP contribution >= 0.6 is 0 Å². The Morgan fingerprint density at radius 3 is 2.15 bits per heavy atom.